The first-order valence-electron chi connectivity index (χ1n) is 9.29. The van der Waals surface area contributed by atoms with Gasteiger partial charge in [-0.15, -0.1) is 0 Å². The molecule has 150 valence electrons. The molecule has 2 N–H and O–H groups in total. The van der Waals surface area contributed by atoms with E-state index in [1.54, 1.807) is 7.11 Å². The van der Waals surface area contributed by atoms with Crippen molar-refractivity contribution in [1.82, 2.24) is 15.3 Å². The summed E-state index contributed by atoms with van der Waals surface area (Å²) < 4.78 is 5.20. The summed E-state index contributed by atoms with van der Waals surface area (Å²) in [6.07, 6.45) is 0.769. The lowest BCUT2D eigenvalue weighted by Gasteiger charge is -2.07. The highest BCUT2D eigenvalue weighted by atomic mass is 32.2. The molecule has 0 aliphatic rings. The van der Waals surface area contributed by atoms with Crippen molar-refractivity contribution < 1.29 is 9.53 Å². The molecule has 0 fully saturated rings. The molecule has 0 bridgehead atoms. The number of nitrogens with one attached hydrogen (secondary N) is 2. The summed E-state index contributed by atoms with van der Waals surface area (Å²) in [7, 11) is 1.63. The zero-order valence-corrected chi connectivity index (χ0v) is 17.0. The number of hydrogen-bond acceptors (Lipinski definition) is 5. The van der Waals surface area contributed by atoms with Gasteiger partial charge in [-0.25, -0.2) is 4.98 Å². The fourth-order valence-electron chi connectivity index (χ4n) is 2.77. The monoisotopic (exact) mass is 409 g/mol. The summed E-state index contributed by atoms with van der Waals surface area (Å²) in [5, 5.41) is 3.39. The first kappa shape index (κ1) is 20.7. The molecule has 1 amide bonds. The molecule has 0 unspecified atom stereocenters. The molecule has 29 heavy (non-hydrogen) atoms. The number of H-pyrrole nitrogens is 1. The van der Waals surface area contributed by atoms with E-state index < -0.39 is 0 Å². The van der Waals surface area contributed by atoms with Crippen LogP contribution >= 0.6 is 11.8 Å². The minimum absolute atomic E-state index is 0.0704. The van der Waals surface area contributed by atoms with E-state index >= 15 is 0 Å². The van der Waals surface area contributed by atoms with Crippen LogP contribution in [-0.2, 0) is 23.4 Å². The Morgan fingerprint density at radius 3 is 2.69 bits per heavy atom. The van der Waals surface area contributed by atoms with Gasteiger partial charge in [-0.2, -0.15) is 0 Å². The number of rotatable bonds is 9. The van der Waals surface area contributed by atoms with Crippen molar-refractivity contribution in [1.29, 1.82) is 0 Å². The molecule has 0 spiro atoms. The largest absolute Gasteiger partial charge is 0.497 e. The second-order valence-corrected chi connectivity index (χ2v) is 7.41. The number of carbonyl (C=O) groups excluding carboxylic acids is 1. The van der Waals surface area contributed by atoms with Gasteiger partial charge in [0.05, 0.1) is 19.2 Å². The lowest BCUT2D eigenvalue weighted by atomic mass is 10.1. The van der Waals surface area contributed by atoms with Crippen molar-refractivity contribution in [2.45, 2.75) is 23.8 Å². The van der Waals surface area contributed by atoms with E-state index in [-0.39, 0.29) is 17.9 Å². The second kappa shape index (κ2) is 10.5. The van der Waals surface area contributed by atoms with Crippen LogP contribution in [0.15, 0.2) is 70.6 Å². The lowest BCUT2D eigenvalue weighted by Crippen LogP contribution is -2.28. The Labute approximate surface area is 173 Å². The maximum absolute atomic E-state index is 12.2. The van der Waals surface area contributed by atoms with Crippen LogP contribution in [0.4, 0.5) is 0 Å². The van der Waals surface area contributed by atoms with Crippen molar-refractivity contribution in [3.63, 3.8) is 0 Å². The van der Waals surface area contributed by atoms with Gasteiger partial charge < -0.3 is 15.0 Å². The fraction of sp³-hybridized carbons (Fsp3) is 0.227. The van der Waals surface area contributed by atoms with Crippen LogP contribution in [0.2, 0.25) is 0 Å². The van der Waals surface area contributed by atoms with Gasteiger partial charge in [0, 0.05) is 18.4 Å². The Morgan fingerprint density at radius 2 is 1.90 bits per heavy atom. The van der Waals surface area contributed by atoms with Crippen LogP contribution in [0.25, 0.3) is 0 Å². The van der Waals surface area contributed by atoms with E-state index in [2.05, 4.69) is 15.3 Å². The minimum Gasteiger partial charge on any atom is -0.497 e. The number of hydrogen-bond donors (Lipinski definition) is 2. The van der Waals surface area contributed by atoms with E-state index in [1.807, 2.05) is 54.6 Å². The number of ether oxygens (including phenoxy) is 1. The van der Waals surface area contributed by atoms with Gasteiger partial charge >= 0.3 is 0 Å². The third-order valence-electron chi connectivity index (χ3n) is 4.20. The molecule has 0 aliphatic carbocycles. The molecule has 3 rings (SSSR count). The second-order valence-electron chi connectivity index (χ2n) is 6.44. The van der Waals surface area contributed by atoms with E-state index in [9.17, 15) is 9.59 Å². The van der Waals surface area contributed by atoms with Gasteiger partial charge in [-0.3, -0.25) is 9.59 Å². The predicted octanol–water partition coefficient (Wildman–Crippen LogP) is 2.97. The summed E-state index contributed by atoms with van der Waals surface area (Å²) in [5.74, 6) is 1.33. The average molecular weight is 410 g/mol. The predicted molar refractivity (Wildman–Crippen MR) is 114 cm³/mol. The van der Waals surface area contributed by atoms with Crippen LogP contribution < -0.4 is 15.6 Å². The highest BCUT2D eigenvalue weighted by molar-refractivity contribution is 7.98. The quantitative estimate of drug-likeness (QED) is 0.419. The molecule has 2 aromatic carbocycles. The van der Waals surface area contributed by atoms with E-state index in [1.165, 1.54) is 17.8 Å². The molecule has 0 aliphatic heterocycles. The van der Waals surface area contributed by atoms with Gasteiger partial charge in [-0.1, -0.05) is 54.2 Å². The van der Waals surface area contributed by atoms with Crippen molar-refractivity contribution in [2.24, 2.45) is 0 Å². The van der Waals surface area contributed by atoms with Gasteiger partial charge in [0.2, 0.25) is 5.91 Å². The van der Waals surface area contributed by atoms with Crippen LogP contribution in [-0.4, -0.2) is 29.5 Å². The maximum Gasteiger partial charge on any atom is 0.251 e. The smallest absolute Gasteiger partial charge is 0.251 e. The van der Waals surface area contributed by atoms with E-state index in [4.69, 9.17) is 4.74 Å². The summed E-state index contributed by atoms with van der Waals surface area (Å²) in [6.45, 7) is 0.505. The van der Waals surface area contributed by atoms with Gasteiger partial charge in [-0.05, 0) is 29.7 Å². The van der Waals surface area contributed by atoms with Gasteiger partial charge in [0.15, 0.2) is 5.16 Å². The van der Waals surface area contributed by atoms with Gasteiger partial charge in [0.1, 0.15) is 5.75 Å². The number of aromatic nitrogens is 2. The molecule has 6 nitrogen and oxygen atoms in total. The first-order valence-corrected chi connectivity index (χ1v) is 10.3. The number of thioether (sulfide) groups is 1. The zero-order chi connectivity index (χ0) is 20.5. The van der Waals surface area contributed by atoms with Crippen molar-refractivity contribution in [3.8, 4) is 5.75 Å². The fourth-order valence-corrected chi connectivity index (χ4v) is 3.62. The molecule has 1 heterocycles. The Balaban J connectivity index is 1.51. The topological polar surface area (TPSA) is 84.1 Å². The van der Waals surface area contributed by atoms with Crippen molar-refractivity contribution in [3.05, 3.63) is 87.8 Å². The van der Waals surface area contributed by atoms with Crippen molar-refractivity contribution >= 4 is 17.7 Å². The Bertz CT molecular complexity index is 1010. The Hall–Kier alpha value is -3.06. The number of aromatic amines is 1. The van der Waals surface area contributed by atoms with Crippen LogP contribution in [0.1, 0.15) is 16.8 Å². The third kappa shape index (κ3) is 6.80. The molecular formula is C22H23N3O3S. The number of benzene rings is 2. The normalized spacial score (nSPS) is 10.5. The third-order valence-corrected chi connectivity index (χ3v) is 5.15. The Kier molecular flexibility index (Phi) is 7.47. The molecule has 3 aromatic rings. The van der Waals surface area contributed by atoms with Crippen molar-refractivity contribution in [2.75, 3.05) is 13.7 Å². The van der Waals surface area contributed by atoms with Gasteiger partial charge in [0.25, 0.3) is 5.56 Å². The summed E-state index contributed by atoms with van der Waals surface area (Å²) in [6, 6.07) is 19.0. The molecule has 0 atom stereocenters. The van der Waals surface area contributed by atoms with Crippen LogP contribution in [0.3, 0.4) is 0 Å². The number of nitrogens with zero attached hydrogens (tertiary/aromatic N) is 1. The molecule has 1 aromatic heterocycles. The minimum atomic E-state index is -0.255. The summed E-state index contributed by atoms with van der Waals surface area (Å²) in [5.41, 5.74) is 2.43. The molecule has 0 saturated carbocycles. The first-order chi connectivity index (χ1) is 14.1. The lowest BCUT2D eigenvalue weighted by molar-refractivity contribution is -0.120. The average Bonchev–Trinajstić information content (AvgIpc) is 2.73. The van der Waals surface area contributed by atoms with Crippen LogP contribution in [0.5, 0.6) is 5.75 Å². The highest BCUT2D eigenvalue weighted by Crippen LogP contribution is 2.18. The number of amides is 1. The molecule has 0 radical (unpaired) electrons. The molecule has 0 saturated heterocycles. The summed E-state index contributed by atoms with van der Waals surface area (Å²) >= 11 is 1.44. The number of methoxy groups -OCH3 is 1. The Morgan fingerprint density at radius 1 is 1.10 bits per heavy atom. The van der Waals surface area contributed by atoms with E-state index in [0.717, 1.165) is 16.9 Å². The van der Waals surface area contributed by atoms with Crippen LogP contribution in [0, 0.1) is 0 Å². The summed E-state index contributed by atoms with van der Waals surface area (Å²) in [4.78, 5) is 31.3. The van der Waals surface area contributed by atoms with E-state index in [0.29, 0.717) is 29.6 Å². The SMILES string of the molecule is COc1cccc(CCNC(=O)Cc2cc(=O)[nH]c(SCc3ccccc3)n2)c1. The number of carbonyl (C=O) groups is 1. The zero-order valence-electron chi connectivity index (χ0n) is 16.2. The molecule has 7 heteroatoms. The molecular weight excluding hydrogens is 386 g/mol. The standard InChI is InChI=1S/C22H23N3O3S/c1-28-19-9-5-8-16(12-19)10-11-23-20(26)13-18-14-21(27)25-22(24-18)29-15-17-6-3-2-4-7-17/h2-9,12,14H,10-11,13,15H2,1H3,(H,23,26)(H,24,25,27). The maximum atomic E-state index is 12.2. The highest BCUT2D eigenvalue weighted by Gasteiger charge is 2.08.